The summed E-state index contributed by atoms with van der Waals surface area (Å²) in [5.74, 6) is 1.33. The number of fused-ring (bicyclic) bond motifs is 1. The summed E-state index contributed by atoms with van der Waals surface area (Å²) in [5.41, 5.74) is 1.55. The summed E-state index contributed by atoms with van der Waals surface area (Å²) < 4.78 is 11.0. The minimum atomic E-state index is -0.221. The average molecular weight is 333 g/mol. The molecule has 0 saturated heterocycles. The summed E-state index contributed by atoms with van der Waals surface area (Å²) in [4.78, 5) is 13.9. The van der Waals surface area contributed by atoms with Gasteiger partial charge < -0.3 is 19.7 Å². The fraction of sp³-hybridized carbons (Fsp3) is 0.235. The molecule has 0 radical (unpaired) electrons. The number of carbonyl (C=O) groups excluding carboxylic acids is 1. The van der Waals surface area contributed by atoms with Crippen LogP contribution in [0.5, 0.6) is 11.5 Å². The van der Waals surface area contributed by atoms with E-state index in [4.69, 9.17) is 21.1 Å². The van der Waals surface area contributed by atoms with Gasteiger partial charge in [-0.25, -0.2) is 4.79 Å². The zero-order valence-electron chi connectivity index (χ0n) is 12.7. The van der Waals surface area contributed by atoms with Gasteiger partial charge >= 0.3 is 6.03 Å². The molecule has 3 rings (SSSR count). The largest absolute Gasteiger partial charge is 0.486 e. The molecule has 0 unspecified atom stereocenters. The number of benzene rings is 2. The fourth-order valence-electron chi connectivity index (χ4n) is 2.29. The van der Waals surface area contributed by atoms with Crippen molar-refractivity contribution >= 4 is 23.3 Å². The maximum atomic E-state index is 12.3. The summed E-state index contributed by atoms with van der Waals surface area (Å²) >= 11 is 6.12. The van der Waals surface area contributed by atoms with Crippen molar-refractivity contribution in [3.8, 4) is 11.5 Å². The topological polar surface area (TPSA) is 50.8 Å². The number of nitrogens with one attached hydrogen (secondary N) is 1. The minimum absolute atomic E-state index is 0.221. The Kier molecular flexibility index (Phi) is 4.57. The molecule has 1 heterocycles. The Morgan fingerprint density at radius 1 is 1.17 bits per heavy atom. The zero-order valence-corrected chi connectivity index (χ0v) is 13.5. The highest BCUT2D eigenvalue weighted by atomic mass is 35.5. The second kappa shape index (κ2) is 6.79. The van der Waals surface area contributed by atoms with Crippen LogP contribution in [0.25, 0.3) is 0 Å². The Morgan fingerprint density at radius 3 is 2.70 bits per heavy atom. The number of ether oxygens (including phenoxy) is 2. The van der Waals surface area contributed by atoms with Gasteiger partial charge in [0, 0.05) is 30.4 Å². The lowest BCUT2D eigenvalue weighted by Crippen LogP contribution is -2.31. The van der Waals surface area contributed by atoms with E-state index in [1.165, 1.54) is 0 Å². The summed E-state index contributed by atoms with van der Waals surface area (Å²) in [5, 5.41) is 3.48. The SMILES string of the molecule is CN(Cc1ccccc1Cl)C(=O)Nc1ccc2c(c1)OCCO2. The molecule has 23 heavy (non-hydrogen) atoms. The zero-order chi connectivity index (χ0) is 16.2. The molecule has 1 aliphatic heterocycles. The highest BCUT2D eigenvalue weighted by Crippen LogP contribution is 2.32. The Hall–Kier alpha value is -2.40. The predicted molar refractivity (Wildman–Crippen MR) is 89.4 cm³/mol. The second-order valence-corrected chi connectivity index (χ2v) is 5.64. The van der Waals surface area contributed by atoms with Crippen LogP contribution in [0.3, 0.4) is 0 Å². The molecule has 0 fully saturated rings. The number of carbonyl (C=O) groups is 1. The second-order valence-electron chi connectivity index (χ2n) is 5.24. The van der Waals surface area contributed by atoms with Crippen molar-refractivity contribution in [3.05, 3.63) is 53.1 Å². The van der Waals surface area contributed by atoms with Crippen molar-refractivity contribution in [2.75, 3.05) is 25.6 Å². The molecule has 5 nitrogen and oxygen atoms in total. The number of amides is 2. The van der Waals surface area contributed by atoms with Crippen molar-refractivity contribution in [2.45, 2.75) is 6.54 Å². The number of hydrogen-bond acceptors (Lipinski definition) is 3. The van der Waals surface area contributed by atoms with Crippen molar-refractivity contribution in [1.29, 1.82) is 0 Å². The Bertz CT molecular complexity index is 721. The molecule has 1 N–H and O–H groups in total. The third-order valence-electron chi connectivity index (χ3n) is 3.51. The van der Waals surface area contributed by atoms with Crippen LogP contribution in [0.15, 0.2) is 42.5 Å². The monoisotopic (exact) mass is 332 g/mol. The Morgan fingerprint density at radius 2 is 1.91 bits per heavy atom. The molecule has 0 spiro atoms. The van der Waals surface area contributed by atoms with Crippen molar-refractivity contribution in [1.82, 2.24) is 4.90 Å². The number of anilines is 1. The van der Waals surface area contributed by atoms with E-state index in [0.29, 0.717) is 42.0 Å². The Balaban J connectivity index is 1.65. The first-order valence-electron chi connectivity index (χ1n) is 7.28. The van der Waals surface area contributed by atoms with Gasteiger partial charge in [-0.15, -0.1) is 0 Å². The molecule has 6 heteroatoms. The van der Waals surface area contributed by atoms with E-state index in [2.05, 4.69) is 5.32 Å². The maximum absolute atomic E-state index is 12.3. The highest BCUT2D eigenvalue weighted by Gasteiger charge is 2.15. The van der Waals surface area contributed by atoms with Gasteiger partial charge in [-0.2, -0.15) is 0 Å². The van der Waals surface area contributed by atoms with Crippen LogP contribution in [0, 0.1) is 0 Å². The van der Waals surface area contributed by atoms with Crippen LogP contribution in [-0.2, 0) is 6.54 Å². The van der Waals surface area contributed by atoms with Gasteiger partial charge in [0.15, 0.2) is 11.5 Å². The predicted octanol–water partition coefficient (Wildman–Crippen LogP) is 3.78. The molecule has 0 saturated carbocycles. The molecule has 2 aromatic carbocycles. The third-order valence-corrected chi connectivity index (χ3v) is 3.87. The van der Waals surface area contributed by atoms with Crippen molar-refractivity contribution in [2.24, 2.45) is 0 Å². The highest BCUT2D eigenvalue weighted by molar-refractivity contribution is 6.31. The first-order chi connectivity index (χ1) is 11.1. The first-order valence-corrected chi connectivity index (χ1v) is 7.66. The van der Waals surface area contributed by atoms with E-state index in [0.717, 1.165) is 5.56 Å². The van der Waals surface area contributed by atoms with Crippen molar-refractivity contribution in [3.63, 3.8) is 0 Å². The lowest BCUT2D eigenvalue weighted by molar-refractivity contribution is 0.171. The van der Waals surface area contributed by atoms with Gasteiger partial charge in [-0.1, -0.05) is 29.8 Å². The molecule has 0 aromatic heterocycles. The molecule has 0 aliphatic carbocycles. The first kappa shape index (κ1) is 15.5. The van der Waals surface area contributed by atoms with E-state index in [-0.39, 0.29) is 6.03 Å². The van der Waals surface area contributed by atoms with Crippen LogP contribution in [0.2, 0.25) is 5.02 Å². The lowest BCUT2D eigenvalue weighted by atomic mass is 10.2. The quantitative estimate of drug-likeness (QED) is 0.930. The minimum Gasteiger partial charge on any atom is -0.486 e. The van der Waals surface area contributed by atoms with Crippen LogP contribution in [0.1, 0.15) is 5.56 Å². The van der Waals surface area contributed by atoms with E-state index < -0.39 is 0 Å². The van der Waals surface area contributed by atoms with Gasteiger partial charge in [0.25, 0.3) is 0 Å². The molecule has 1 aliphatic rings. The van der Waals surface area contributed by atoms with Gasteiger partial charge in [-0.05, 0) is 23.8 Å². The molecule has 2 aromatic rings. The third kappa shape index (κ3) is 3.68. The molecule has 0 atom stereocenters. The van der Waals surface area contributed by atoms with Gasteiger partial charge in [0.2, 0.25) is 0 Å². The summed E-state index contributed by atoms with van der Waals surface area (Å²) in [7, 11) is 1.72. The molecular formula is C17H17ClN2O3. The van der Waals surface area contributed by atoms with E-state index in [1.807, 2.05) is 24.3 Å². The number of halogens is 1. The lowest BCUT2D eigenvalue weighted by Gasteiger charge is -2.21. The van der Waals surface area contributed by atoms with Gasteiger partial charge in [0.05, 0.1) is 0 Å². The number of rotatable bonds is 3. The summed E-state index contributed by atoms with van der Waals surface area (Å²) in [6.07, 6.45) is 0. The number of hydrogen-bond donors (Lipinski definition) is 1. The normalized spacial score (nSPS) is 12.6. The van der Waals surface area contributed by atoms with Gasteiger partial charge in [0.1, 0.15) is 13.2 Å². The molecule has 2 amide bonds. The summed E-state index contributed by atoms with van der Waals surface area (Å²) in [6, 6.07) is 12.6. The summed E-state index contributed by atoms with van der Waals surface area (Å²) in [6.45, 7) is 1.48. The van der Waals surface area contributed by atoms with Crippen molar-refractivity contribution < 1.29 is 14.3 Å². The molecule has 120 valence electrons. The van der Waals surface area contributed by atoms with E-state index >= 15 is 0 Å². The standard InChI is InChI=1S/C17H17ClN2O3/c1-20(11-12-4-2-3-5-14(12)18)17(21)19-13-6-7-15-16(10-13)23-9-8-22-15/h2-7,10H,8-9,11H2,1H3,(H,19,21). The van der Waals surface area contributed by atoms with Crippen LogP contribution < -0.4 is 14.8 Å². The number of nitrogens with zero attached hydrogens (tertiary/aromatic N) is 1. The smallest absolute Gasteiger partial charge is 0.321 e. The van der Waals surface area contributed by atoms with Gasteiger partial charge in [-0.3, -0.25) is 0 Å². The fourth-order valence-corrected chi connectivity index (χ4v) is 2.49. The maximum Gasteiger partial charge on any atom is 0.321 e. The molecular weight excluding hydrogens is 316 g/mol. The van der Waals surface area contributed by atoms with Crippen LogP contribution in [-0.4, -0.2) is 31.2 Å². The average Bonchev–Trinajstić information content (AvgIpc) is 2.56. The Labute approximate surface area is 139 Å². The molecule has 0 bridgehead atoms. The van der Waals surface area contributed by atoms with Crippen LogP contribution in [0.4, 0.5) is 10.5 Å². The van der Waals surface area contributed by atoms with E-state index in [1.54, 1.807) is 30.1 Å². The van der Waals surface area contributed by atoms with E-state index in [9.17, 15) is 4.79 Å². The van der Waals surface area contributed by atoms with Crippen LogP contribution >= 0.6 is 11.6 Å². The number of urea groups is 1.